The molecule has 0 unspecified atom stereocenters. The number of aryl methyl sites for hydroxylation is 1. The van der Waals surface area contributed by atoms with Crippen LogP contribution in [0.15, 0.2) is 53.3 Å². The summed E-state index contributed by atoms with van der Waals surface area (Å²) in [5, 5.41) is 8.87. The molecule has 9 nitrogen and oxygen atoms in total. The normalized spacial score (nSPS) is 15.1. The van der Waals surface area contributed by atoms with E-state index in [-0.39, 0.29) is 17.5 Å². The Balaban J connectivity index is 1.43. The lowest BCUT2D eigenvalue weighted by Gasteiger charge is -2.23. The summed E-state index contributed by atoms with van der Waals surface area (Å²) in [4.78, 5) is 26.8. The largest absolute Gasteiger partial charge is 0.383 e. The molecule has 2 aromatic heterocycles. The van der Waals surface area contributed by atoms with Gasteiger partial charge in [0.1, 0.15) is 23.7 Å². The Morgan fingerprint density at radius 3 is 2.86 bits per heavy atom. The summed E-state index contributed by atoms with van der Waals surface area (Å²) in [6.07, 6.45) is 2.02. The van der Waals surface area contributed by atoms with Gasteiger partial charge in [0.15, 0.2) is 5.65 Å². The van der Waals surface area contributed by atoms with Gasteiger partial charge in [-0.25, -0.2) is 23.8 Å². The van der Waals surface area contributed by atoms with E-state index in [1.54, 1.807) is 4.68 Å². The number of carbonyl (C=O) groups is 1. The number of nitrogens with zero attached hydrogens (tertiary/aromatic N) is 5. The van der Waals surface area contributed by atoms with Crippen LogP contribution in [0.5, 0.6) is 0 Å². The minimum absolute atomic E-state index is 0.0263. The van der Waals surface area contributed by atoms with Gasteiger partial charge in [-0.05, 0) is 46.5 Å². The molecular weight excluding hydrogens is 529 g/mol. The zero-order valence-electron chi connectivity index (χ0n) is 19.2. The number of fused-ring (bicyclic) bond motifs is 1. The first-order valence-electron chi connectivity index (χ1n) is 11.2. The first kappa shape index (κ1) is 23.7. The number of halogens is 2. The third-order valence-electron chi connectivity index (χ3n) is 5.76. The number of amides is 2. The minimum atomic E-state index is -0.616. The third-order valence-corrected chi connectivity index (χ3v) is 6.42. The zero-order valence-corrected chi connectivity index (χ0v) is 20.8. The van der Waals surface area contributed by atoms with Crippen LogP contribution in [-0.4, -0.2) is 37.4 Å². The molecule has 0 bridgehead atoms. The number of hydrogen-bond acceptors (Lipinski definition) is 6. The highest BCUT2D eigenvalue weighted by Crippen LogP contribution is 2.32. The van der Waals surface area contributed by atoms with E-state index in [4.69, 9.17) is 10.6 Å². The van der Waals surface area contributed by atoms with Crippen molar-refractivity contribution in [3.63, 3.8) is 0 Å². The predicted molar refractivity (Wildman–Crippen MR) is 136 cm³/mol. The Bertz CT molecular complexity index is 1510. The summed E-state index contributed by atoms with van der Waals surface area (Å²) < 4.78 is 16.9. The Labute approximate surface area is 214 Å². The number of nitrogens with one attached hydrogen (secondary N) is 1. The second kappa shape index (κ2) is 9.93. The molecule has 3 N–H and O–H groups in total. The van der Waals surface area contributed by atoms with Crippen LogP contribution < -0.4 is 11.1 Å². The van der Waals surface area contributed by atoms with Crippen molar-refractivity contribution in [1.82, 2.24) is 24.8 Å². The van der Waals surface area contributed by atoms with Gasteiger partial charge in [-0.15, -0.1) is 0 Å². The fourth-order valence-corrected chi connectivity index (χ4v) is 4.44. The topological polar surface area (TPSA) is 111 Å². The van der Waals surface area contributed by atoms with Crippen molar-refractivity contribution in [3.05, 3.63) is 75.9 Å². The van der Waals surface area contributed by atoms with Gasteiger partial charge >= 0.3 is 6.03 Å². The summed E-state index contributed by atoms with van der Waals surface area (Å²) in [6, 6.07) is 11.4. The monoisotopic (exact) mass is 549 g/mol. The van der Waals surface area contributed by atoms with E-state index in [0.717, 1.165) is 5.56 Å². The van der Waals surface area contributed by atoms with E-state index in [1.165, 1.54) is 23.5 Å². The number of benzene rings is 2. The van der Waals surface area contributed by atoms with Gasteiger partial charge in [-0.1, -0.05) is 36.3 Å². The van der Waals surface area contributed by atoms with E-state index in [0.29, 0.717) is 46.3 Å². The van der Waals surface area contributed by atoms with Crippen LogP contribution in [0.2, 0.25) is 0 Å². The maximum Gasteiger partial charge on any atom is 0.346 e. The van der Waals surface area contributed by atoms with Crippen LogP contribution in [0.1, 0.15) is 36.2 Å². The number of hydroxylamine groups is 2. The second-order valence-electron chi connectivity index (χ2n) is 7.99. The van der Waals surface area contributed by atoms with Gasteiger partial charge < -0.3 is 11.1 Å². The van der Waals surface area contributed by atoms with E-state index in [2.05, 4.69) is 48.2 Å². The minimum Gasteiger partial charge on any atom is -0.383 e. The summed E-state index contributed by atoms with van der Waals surface area (Å²) >= 11 is 3.35. The molecule has 1 aliphatic heterocycles. The van der Waals surface area contributed by atoms with Gasteiger partial charge in [0.2, 0.25) is 0 Å². The lowest BCUT2D eigenvalue weighted by Crippen LogP contribution is -2.33. The van der Waals surface area contributed by atoms with E-state index >= 15 is 0 Å². The molecular formula is C25H21BrFN7O2. The maximum atomic E-state index is 14.8. The summed E-state index contributed by atoms with van der Waals surface area (Å²) in [5.74, 6) is 5.62. The van der Waals surface area contributed by atoms with Crippen molar-refractivity contribution < 1.29 is 14.0 Å². The molecule has 0 spiro atoms. The predicted octanol–water partition coefficient (Wildman–Crippen LogP) is 4.64. The fraction of sp³-hybridized carbons (Fsp3) is 0.200. The molecule has 2 amide bonds. The molecule has 36 heavy (non-hydrogen) atoms. The van der Waals surface area contributed by atoms with E-state index in [1.807, 2.05) is 37.3 Å². The number of hydrogen-bond donors (Lipinski definition) is 2. The Kier molecular flexibility index (Phi) is 6.54. The van der Waals surface area contributed by atoms with Crippen molar-refractivity contribution in [3.8, 4) is 11.8 Å². The third kappa shape index (κ3) is 4.48. The molecule has 1 aliphatic rings. The highest BCUT2D eigenvalue weighted by Gasteiger charge is 2.32. The molecule has 2 aromatic carbocycles. The second-order valence-corrected chi connectivity index (χ2v) is 8.84. The lowest BCUT2D eigenvalue weighted by molar-refractivity contribution is -0.0830. The number of nitrogens with two attached hydrogens (primary N) is 1. The van der Waals surface area contributed by atoms with Gasteiger partial charge in [-0.2, -0.15) is 10.2 Å². The standard InChI is InChI=1S/C25H21BrFN7O2/c1-2-33-24-22(23(28)29-14-30-24)19(32-33)9-8-16-12-20(18(27)13-17(16)26)31-25(35)34-21(10-11-36-34)15-6-4-3-5-7-15/h3-7,12-14,21H,2,10-11H2,1H3,(H,31,35)(H2,28,29,30)/t21-/m1/s1. The molecule has 11 heteroatoms. The summed E-state index contributed by atoms with van der Waals surface area (Å²) in [6.45, 7) is 2.89. The highest BCUT2D eigenvalue weighted by molar-refractivity contribution is 9.10. The van der Waals surface area contributed by atoms with E-state index in [9.17, 15) is 9.18 Å². The molecule has 1 saturated heterocycles. The maximum absolute atomic E-state index is 14.8. The fourth-order valence-electron chi connectivity index (χ4n) is 4.02. The molecule has 1 atom stereocenters. The SMILES string of the molecule is CCn1nc(C#Cc2cc(NC(=O)N3OCC[C@@H]3c3ccccc3)c(F)cc2Br)c2c(N)ncnc21. The molecule has 182 valence electrons. The quantitative estimate of drug-likeness (QED) is 0.360. The van der Waals surface area contributed by atoms with Crippen molar-refractivity contribution >= 4 is 44.5 Å². The number of nitrogen functional groups attached to an aromatic ring is 1. The number of rotatable bonds is 3. The van der Waals surface area contributed by atoms with Gasteiger partial charge in [0, 0.05) is 23.0 Å². The Morgan fingerprint density at radius 2 is 2.08 bits per heavy atom. The smallest absolute Gasteiger partial charge is 0.346 e. The first-order chi connectivity index (χ1) is 17.5. The first-order valence-corrected chi connectivity index (χ1v) is 12.0. The van der Waals surface area contributed by atoms with Gasteiger partial charge in [0.25, 0.3) is 0 Å². The van der Waals surface area contributed by atoms with Gasteiger partial charge in [-0.3, -0.25) is 4.84 Å². The van der Waals surface area contributed by atoms with Crippen molar-refractivity contribution in [2.45, 2.75) is 25.9 Å². The molecule has 4 aromatic rings. The highest BCUT2D eigenvalue weighted by atomic mass is 79.9. The average molecular weight is 550 g/mol. The number of urea groups is 1. The summed E-state index contributed by atoms with van der Waals surface area (Å²) in [5.41, 5.74) is 8.39. The van der Waals surface area contributed by atoms with Crippen molar-refractivity contribution in [2.24, 2.45) is 0 Å². The molecule has 0 aliphatic carbocycles. The molecule has 1 fully saturated rings. The summed E-state index contributed by atoms with van der Waals surface area (Å²) in [7, 11) is 0. The number of carbonyl (C=O) groups excluding carboxylic acids is 1. The van der Waals surface area contributed by atoms with Crippen molar-refractivity contribution in [2.75, 3.05) is 17.7 Å². The lowest BCUT2D eigenvalue weighted by atomic mass is 10.1. The molecule has 5 rings (SSSR count). The number of anilines is 2. The van der Waals surface area contributed by atoms with Crippen LogP contribution in [0, 0.1) is 17.7 Å². The Hall–Kier alpha value is -4.01. The Morgan fingerprint density at radius 1 is 1.28 bits per heavy atom. The molecule has 0 saturated carbocycles. The van der Waals surface area contributed by atoms with Crippen LogP contribution in [0.3, 0.4) is 0 Å². The molecule has 0 radical (unpaired) electrons. The average Bonchev–Trinajstić information content (AvgIpc) is 3.51. The molecule has 3 heterocycles. The van der Waals surface area contributed by atoms with Crippen LogP contribution in [0.25, 0.3) is 11.0 Å². The van der Waals surface area contributed by atoms with Crippen LogP contribution in [0.4, 0.5) is 20.7 Å². The van der Waals surface area contributed by atoms with Crippen LogP contribution in [-0.2, 0) is 11.4 Å². The number of aromatic nitrogens is 4. The van der Waals surface area contributed by atoms with Crippen molar-refractivity contribution in [1.29, 1.82) is 0 Å². The van der Waals surface area contributed by atoms with Crippen LogP contribution >= 0.6 is 15.9 Å². The zero-order chi connectivity index (χ0) is 25.2. The van der Waals surface area contributed by atoms with E-state index < -0.39 is 11.8 Å². The van der Waals surface area contributed by atoms with Gasteiger partial charge in [0.05, 0.1) is 23.7 Å².